The second-order valence-electron chi connectivity index (χ2n) is 4.75. The summed E-state index contributed by atoms with van der Waals surface area (Å²) in [6, 6.07) is 5.05. The van der Waals surface area contributed by atoms with Crippen LogP contribution in [0.3, 0.4) is 0 Å². The van der Waals surface area contributed by atoms with E-state index in [1.54, 1.807) is 13.2 Å². The fraction of sp³-hybridized carbons (Fsp3) is 0.600. The van der Waals surface area contributed by atoms with E-state index in [-0.39, 0.29) is 5.82 Å². The molecule has 0 saturated carbocycles. The van der Waals surface area contributed by atoms with E-state index in [4.69, 9.17) is 4.74 Å². The zero-order valence-corrected chi connectivity index (χ0v) is 12.9. The molecule has 19 heavy (non-hydrogen) atoms. The maximum Gasteiger partial charge on any atom is 0.123 e. The Morgan fingerprint density at radius 3 is 2.89 bits per heavy atom. The highest BCUT2D eigenvalue weighted by Gasteiger charge is 2.07. The van der Waals surface area contributed by atoms with Crippen LogP contribution in [0.15, 0.2) is 23.1 Å². The molecule has 1 aromatic carbocycles. The summed E-state index contributed by atoms with van der Waals surface area (Å²) in [7, 11) is 1.68. The van der Waals surface area contributed by atoms with Crippen LogP contribution in [0.25, 0.3) is 0 Å². The third kappa shape index (κ3) is 6.41. The smallest absolute Gasteiger partial charge is 0.123 e. The molecule has 0 saturated heterocycles. The lowest BCUT2D eigenvalue weighted by molar-refractivity contribution is 0.199. The first-order valence-corrected chi connectivity index (χ1v) is 7.76. The molecule has 0 aliphatic heterocycles. The molecular formula is C15H24FNOS. The Bertz CT molecular complexity index is 373. The van der Waals surface area contributed by atoms with E-state index in [1.165, 1.54) is 17.4 Å². The van der Waals surface area contributed by atoms with Crippen molar-refractivity contribution >= 4 is 11.8 Å². The maximum absolute atomic E-state index is 13.3. The van der Waals surface area contributed by atoms with Crippen LogP contribution in [0.4, 0.5) is 4.39 Å². The zero-order chi connectivity index (χ0) is 14.1. The van der Waals surface area contributed by atoms with Crippen LogP contribution in [0.2, 0.25) is 0 Å². The van der Waals surface area contributed by atoms with Crippen LogP contribution >= 0.6 is 11.8 Å². The van der Waals surface area contributed by atoms with Crippen molar-refractivity contribution in [3.8, 4) is 0 Å². The van der Waals surface area contributed by atoms with E-state index in [0.717, 1.165) is 17.9 Å². The molecule has 0 aliphatic carbocycles. The van der Waals surface area contributed by atoms with Crippen molar-refractivity contribution in [2.75, 3.05) is 26.0 Å². The first kappa shape index (κ1) is 16.5. The van der Waals surface area contributed by atoms with E-state index in [9.17, 15) is 4.39 Å². The van der Waals surface area contributed by atoms with Gasteiger partial charge in [-0.15, -0.1) is 11.8 Å². The number of benzene rings is 1. The Morgan fingerprint density at radius 2 is 2.21 bits per heavy atom. The number of halogens is 1. The van der Waals surface area contributed by atoms with Crippen molar-refractivity contribution in [1.82, 2.24) is 5.32 Å². The largest absolute Gasteiger partial charge is 0.383 e. The Kier molecular flexibility index (Phi) is 8.10. The van der Waals surface area contributed by atoms with Crippen LogP contribution < -0.4 is 5.32 Å². The molecule has 1 rings (SSSR count). The summed E-state index contributed by atoms with van der Waals surface area (Å²) in [6.45, 7) is 6.58. The van der Waals surface area contributed by atoms with E-state index in [0.29, 0.717) is 19.1 Å². The molecule has 0 heterocycles. The van der Waals surface area contributed by atoms with Gasteiger partial charge in [-0.1, -0.05) is 20.3 Å². The number of ether oxygens (including phenoxy) is 1. The molecule has 2 nitrogen and oxygen atoms in total. The number of rotatable bonds is 9. The number of hydrogen-bond acceptors (Lipinski definition) is 3. The highest BCUT2D eigenvalue weighted by Crippen LogP contribution is 2.26. The summed E-state index contributed by atoms with van der Waals surface area (Å²) < 4.78 is 18.3. The van der Waals surface area contributed by atoms with Gasteiger partial charge < -0.3 is 10.1 Å². The SMILES string of the molecule is CCC(C)CSc1ccc(F)cc1CNCCOC. The van der Waals surface area contributed by atoms with Crippen molar-refractivity contribution in [2.24, 2.45) is 5.92 Å². The van der Waals surface area contributed by atoms with Gasteiger partial charge in [-0.2, -0.15) is 0 Å². The molecule has 0 amide bonds. The fourth-order valence-electron chi connectivity index (χ4n) is 1.57. The van der Waals surface area contributed by atoms with Gasteiger partial charge in [0.2, 0.25) is 0 Å². The number of nitrogens with one attached hydrogen (secondary N) is 1. The molecule has 0 bridgehead atoms. The minimum absolute atomic E-state index is 0.170. The van der Waals surface area contributed by atoms with Crippen molar-refractivity contribution in [3.63, 3.8) is 0 Å². The number of methoxy groups -OCH3 is 1. The Labute approximate surface area is 120 Å². The highest BCUT2D eigenvalue weighted by molar-refractivity contribution is 7.99. The van der Waals surface area contributed by atoms with Gasteiger partial charge in [-0.25, -0.2) is 4.39 Å². The highest BCUT2D eigenvalue weighted by atomic mass is 32.2. The van der Waals surface area contributed by atoms with Crippen molar-refractivity contribution in [1.29, 1.82) is 0 Å². The molecule has 4 heteroatoms. The average Bonchev–Trinajstić information content (AvgIpc) is 2.42. The molecule has 0 aliphatic rings. The number of hydrogen-bond donors (Lipinski definition) is 1. The van der Waals surface area contributed by atoms with Gasteiger partial charge in [0, 0.05) is 30.8 Å². The molecule has 1 unspecified atom stereocenters. The maximum atomic E-state index is 13.3. The second-order valence-corrected chi connectivity index (χ2v) is 5.81. The first-order valence-electron chi connectivity index (χ1n) is 6.78. The summed E-state index contributed by atoms with van der Waals surface area (Å²) in [5.41, 5.74) is 1.03. The molecule has 0 radical (unpaired) electrons. The standard InChI is InChI=1S/C15H24FNOS/c1-4-12(2)11-19-15-6-5-14(16)9-13(15)10-17-7-8-18-3/h5-6,9,12,17H,4,7-8,10-11H2,1-3H3. The minimum atomic E-state index is -0.170. The molecule has 1 N–H and O–H groups in total. The Hall–Kier alpha value is -0.580. The van der Waals surface area contributed by atoms with Gasteiger partial charge in [0.1, 0.15) is 5.82 Å². The average molecular weight is 285 g/mol. The van der Waals surface area contributed by atoms with Crippen molar-refractivity contribution < 1.29 is 9.13 Å². The second kappa shape index (κ2) is 9.34. The number of thioether (sulfide) groups is 1. The lowest BCUT2D eigenvalue weighted by Gasteiger charge is -2.13. The molecular weight excluding hydrogens is 261 g/mol. The lowest BCUT2D eigenvalue weighted by atomic mass is 10.2. The summed E-state index contributed by atoms with van der Waals surface area (Å²) in [5, 5.41) is 3.27. The van der Waals surface area contributed by atoms with Crippen LogP contribution in [-0.4, -0.2) is 26.0 Å². The van der Waals surface area contributed by atoms with Crippen molar-refractivity contribution in [3.05, 3.63) is 29.6 Å². The minimum Gasteiger partial charge on any atom is -0.383 e. The van der Waals surface area contributed by atoms with Gasteiger partial charge in [-0.3, -0.25) is 0 Å². The molecule has 1 atom stereocenters. The van der Waals surface area contributed by atoms with E-state index >= 15 is 0 Å². The summed E-state index contributed by atoms with van der Waals surface area (Å²) >= 11 is 1.81. The lowest BCUT2D eigenvalue weighted by Crippen LogP contribution is -2.19. The Balaban J connectivity index is 2.58. The molecule has 0 aromatic heterocycles. The zero-order valence-electron chi connectivity index (χ0n) is 12.0. The normalized spacial score (nSPS) is 12.6. The third-order valence-corrected chi connectivity index (χ3v) is 4.49. The van der Waals surface area contributed by atoms with Gasteiger partial charge in [-0.05, 0) is 29.7 Å². The molecule has 0 fully saturated rings. The van der Waals surface area contributed by atoms with Gasteiger partial charge in [0.15, 0.2) is 0 Å². The molecule has 0 spiro atoms. The summed E-state index contributed by atoms with van der Waals surface area (Å²) in [5.74, 6) is 1.59. The van der Waals surface area contributed by atoms with Gasteiger partial charge in [0.05, 0.1) is 6.61 Å². The Morgan fingerprint density at radius 1 is 1.42 bits per heavy atom. The quantitative estimate of drug-likeness (QED) is 0.552. The van der Waals surface area contributed by atoms with E-state index in [1.807, 2.05) is 17.8 Å². The predicted molar refractivity (Wildman–Crippen MR) is 80.2 cm³/mol. The monoisotopic (exact) mass is 285 g/mol. The summed E-state index contributed by atoms with van der Waals surface area (Å²) in [4.78, 5) is 1.17. The van der Waals surface area contributed by atoms with Gasteiger partial charge in [0.25, 0.3) is 0 Å². The predicted octanol–water partition coefficient (Wildman–Crippen LogP) is 3.70. The van der Waals surface area contributed by atoms with E-state index in [2.05, 4.69) is 19.2 Å². The van der Waals surface area contributed by atoms with Crippen LogP contribution in [0, 0.1) is 11.7 Å². The molecule has 1 aromatic rings. The molecule has 108 valence electrons. The van der Waals surface area contributed by atoms with Crippen LogP contribution in [0.5, 0.6) is 0 Å². The van der Waals surface area contributed by atoms with Gasteiger partial charge >= 0.3 is 0 Å². The van der Waals surface area contributed by atoms with Crippen LogP contribution in [-0.2, 0) is 11.3 Å². The van der Waals surface area contributed by atoms with E-state index < -0.39 is 0 Å². The van der Waals surface area contributed by atoms with Crippen molar-refractivity contribution in [2.45, 2.75) is 31.7 Å². The third-order valence-electron chi connectivity index (χ3n) is 3.04. The fourth-order valence-corrected chi connectivity index (χ4v) is 2.75. The topological polar surface area (TPSA) is 21.3 Å². The van der Waals surface area contributed by atoms with Crippen LogP contribution in [0.1, 0.15) is 25.8 Å². The summed E-state index contributed by atoms with van der Waals surface area (Å²) in [6.07, 6.45) is 1.18. The first-order chi connectivity index (χ1) is 9.17.